The molecule has 1 aliphatic carbocycles. The molecule has 13 heavy (non-hydrogen) atoms. The maximum absolute atomic E-state index is 4.67. The van der Waals surface area contributed by atoms with Crippen LogP contribution >= 0.6 is 23.6 Å². The molecular weight excluding hydrogens is 198 g/mol. The molecule has 2 rings (SSSR count). The molecule has 1 nitrogen and oxygen atoms in total. The minimum absolute atomic E-state index is 0.299. The fourth-order valence-corrected chi connectivity index (χ4v) is 3.20. The van der Waals surface area contributed by atoms with E-state index in [1.54, 1.807) is 0 Å². The molecule has 0 bridgehead atoms. The molecular formula is C10H11NS2. The third-order valence-corrected chi connectivity index (χ3v) is 3.81. The van der Waals surface area contributed by atoms with E-state index >= 15 is 0 Å². The molecule has 0 N–H and O–H groups in total. The van der Waals surface area contributed by atoms with Crippen LogP contribution in [-0.2, 0) is 6.42 Å². The second-order valence-electron chi connectivity index (χ2n) is 3.38. The zero-order valence-electron chi connectivity index (χ0n) is 7.54. The van der Waals surface area contributed by atoms with Gasteiger partial charge in [0.2, 0.25) is 0 Å². The van der Waals surface area contributed by atoms with Gasteiger partial charge in [0.15, 0.2) is 0 Å². The highest BCUT2D eigenvalue weighted by molar-refractivity contribution is 7.78. The fourth-order valence-electron chi connectivity index (χ4n) is 1.94. The van der Waals surface area contributed by atoms with Crippen molar-refractivity contribution >= 4 is 28.7 Å². The molecule has 1 aromatic rings. The van der Waals surface area contributed by atoms with Crippen molar-refractivity contribution in [3.05, 3.63) is 21.4 Å². The van der Waals surface area contributed by atoms with Crippen LogP contribution in [0.4, 0.5) is 0 Å². The van der Waals surface area contributed by atoms with Crippen molar-refractivity contribution in [1.82, 2.24) is 0 Å². The number of aliphatic imine (C=N–C) groups is 1. The summed E-state index contributed by atoms with van der Waals surface area (Å²) in [4.78, 5) is 5.73. The number of hydrogen-bond donors (Lipinski definition) is 0. The summed E-state index contributed by atoms with van der Waals surface area (Å²) >= 11 is 6.53. The Kier molecular flexibility index (Phi) is 2.58. The van der Waals surface area contributed by atoms with Crippen LogP contribution in [0.3, 0.4) is 0 Å². The van der Waals surface area contributed by atoms with Crippen molar-refractivity contribution in [3.63, 3.8) is 0 Å². The summed E-state index contributed by atoms with van der Waals surface area (Å²) in [6.45, 7) is 2.16. The van der Waals surface area contributed by atoms with Crippen molar-refractivity contribution in [1.29, 1.82) is 0 Å². The average molecular weight is 209 g/mol. The first-order valence-electron chi connectivity index (χ1n) is 4.46. The van der Waals surface area contributed by atoms with Gasteiger partial charge >= 0.3 is 0 Å². The Labute approximate surface area is 87.5 Å². The average Bonchev–Trinajstić information content (AvgIpc) is 2.50. The molecule has 1 heterocycles. The quantitative estimate of drug-likeness (QED) is 0.509. The van der Waals surface area contributed by atoms with E-state index in [-0.39, 0.29) is 0 Å². The van der Waals surface area contributed by atoms with Gasteiger partial charge < -0.3 is 0 Å². The lowest BCUT2D eigenvalue weighted by atomic mass is 9.92. The summed E-state index contributed by atoms with van der Waals surface area (Å²) in [5.74, 6) is 0. The first-order chi connectivity index (χ1) is 6.33. The summed E-state index contributed by atoms with van der Waals surface area (Å²) in [5.41, 5.74) is 2.80. The zero-order valence-corrected chi connectivity index (χ0v) is 9.17. The Morgan fingerprint density at radius 2 is 2.54 bits per heavy atom. The topological polar surface area (TPSA) is 12.4 Å². The summed E-state index contributed by atoms with van der Waals surface area (Å²) in [7, 11) is 0. The van der Waals surface area contributed by atoms with E-state index in [1.165, 1.54) is 28.8 Å². The lowest BCUT2D eigenvalue weighted by Gasteiger charge is -2.18. The molecule has 1 unspecified atom stereocenters. The van der Waals surface area contributed by atoms with Crippen LogP contribution in [0.5, 0.6) is 0 Å². The van der Waals surface area contributed by atoms with Crippen LogP contribution in [0.25, 0.3) is 0 Å². The van der Waals surface area contributed by atoms with Crippen molar-refractivity contribution in [2.75, 3.05) is 0 Å². The van der Waals surface area contributed by atoms with Gasteiger partial charge in [0.05, 0.1) is 11.2 Å². The van der Waals surface area contributed by atoms with Gasteiger partial charge in [0.1, 0.15) is 0 Å². The normalized spacial score (nSPS) is 20.5. The molecule has 1 aliphatic rings. The molecule has 3 heteroatoms. The number of isothiocyanates is 1. The third kappa shape index (κ3) is 1.60. The lowest BCUT2D eigenvalue weighted by Crippen LogP contribution is -2.05. The summed E-state index contributed by atoms with van der Waals surface area (Å²) < 4.78 is 0. The van der Waals surface area contributed by atoms with E-state index in [0.29, 0.717) is 6.04 Å². The smallest absolute Gasteiger partial charge is 0.0865 e. The molecule has 0 amide bonds. The monoisotopic (exact) mass is 209 g/mol. The predicted molar refractivity (Wildman–Crippen MR) is 59.8 cm³/mol. The summed E-state index contributed by atoms with van der Waals surface area (Å²) in [6, 6.07) is 0.299. The van der Waals surface area contributed by atoms with Gasteiger partial charge in [-0.1, -0.05) is 0 Å². The molecule has 0 saturated heterocycles. The number of thiocarbonyl (C=S) groups is 1. The maximum Gasteiger partial charge on any atom is 0.0865 e. The van der Waals surface area contributed by atoms with E-state index < -0.39 is 0 Å². The first-order valence-corrected chi connectivity index (χ1v) is 5.75. The van der Waals surface area contributed by atoms with E-state index in [0.717, 1.165) is 6.42 Å². The highest BCUT2D eigenvalue weighted by Crippen LogP contribution is 2.38. The highest BCUT2D eigenvalue weighted by atomic mass is 32.1. The molecule has 0 spiro atoms. The van der Waals surface area contributed by atoms with Gasteiger partial charge in [0, 0.05) is 4.88 Å². The minimum atomic E-state index is 0.299. The minimum Gasteiger partial charge on any atom is -0.224 e. The van der Waals surface area contributed by atoms with Crippen molar-refractivity contribution < 1.29 is 0 Å². The van der Waals surface area contributed by atoms with Gasteiger partial charge in [-0.05, 0) is 54.9 Å². The van der Waals surface area contributed by atoms with Gasteiger partial charge in [-0.3, -0.25) is 0 Å². The molecule has 68 valence electrons. The second kappa shape index (κ2) is 3.70. The molecule has 0 aliphatic heterocycles. The third-order valence-electron chi connectivity index (χ3n) is 2.53. The number of aryl methyl sites for hydroxylation is 2. The van der Waals surface area contributed by atoms with Crippen LogP contribution < -0.4 is 0 Å². The molecule has 1 aromatic heterocycles. The Hall–Kier alpha value is -0.500. The zero-order chi connectivity index (χ0) is 9.26. The van der Waals surface area contributed by atoms with E-state index in [1.807, 2.05) is 11.3 Å². The standard InChI is InChI=1S/C10H11NS2/c1-7-5-13-9-4-2-3-8(10(7)9)11-6-12/h5,8H,2-4H2,1H3. The first kappa shape index (κ1) is 9.07. The van der Waals surface area contributed by atoms with Crippen LogP contribution in [-0.4, -0.2) is 5.16 Å². The van der Waals surface area contributed by atoms with Crippen LogP contribution in [0, 0.1) is 6.92 Å². The largest absolute Gasteiger partial charge is 0.224 e. The maximum atomic E-state index is 4.67. The molecule has 1 atom stereocenters. The van der Waals surface area contributed by atoms with Crippen molar-refractivity contribution in [2.24, 2.45) is 4.99 Å². The number of nitrogens with zero attached hydrogens (tertiary/aromatic N) is 1. The highest BCUT2D eigenvalue weighted by Gasteiger charge is 2.22. The van der Waals surface area contributed by atoms with Crippen molar-refractivity contribution in [2.45, 2.75) is 32.2 Å². The lowest BCUT2D eigenvalue weighted by molar-refractivity contribution is 0.580. The van der Waals surface area contributed by atoms with Gasteiger partial charge in [-0.2, -0.15) is 0 Å². The van der Waals surface area contributed by atoms with Crippen LogP contribution in [0.2, 0.25) is 0 Å². The van der Waals surface area contributed by atoms with Gasteiger partial charge in [-0.15, -0.1) is 11.3 Å². The van der Waals surface area contributed by atoms with Crippen LogP contribution in [0.15, 0.2) is 10.4 Å². The predicted octanol–water partition coefficient (Wildman–Crippen LogP) is 3.54. The van der Waals surface area contributed by atoms with Crippen LogP contribution in [0.1, 0.15) is 34.9 Å². The molecule has 0 saturated carbocycles. The molecule has 0 fully saturated rings. The fraction of sp³-hybridized carbons (Fsp3) is 0.500. The summed E-state index contributed by atoms with van der Waals surface area (Å²) in [6.07, 6.45) is 3.59. The Morgan fingerprint density at radius 3 is 3.31 bits per heavy atom. The Bertz CT molecular complexity index is 361. The van der Waals surface area contributed by atoms with Gasteiger partial charge in [-0.25, -0.2) is 4.99 Å². The Balaban J connectivity index is 2.45. The summed E-state index contributed by atoms with van der Waals surface area (Å²) in [5, 5.41) is 4.73. The number of thiophene rings is 1. The second-order valence-corrected chi connectivity index (χ2v) is 4.53. The number of rotatable bonds is 1. The SMILES string of the molecule is Cc1csc2c1C(N=C=S)CCC2. The van der Waals surface area contributed by atoms with E-state index in [4.69, 9.17) is 0 Å². The van der Waals surface area contributed by atoms with Gasteiger partial charge in [0.25, 0.3) is 0 Å². The Morgan fingerprint density at radius 1 is 1.69 bits per heavy atom. The van der Waals surface area contributed by atoms with Crippen molar-refractivity contribution in [3.8, 4) is 0 Å². The molecule has 0 aromatic carbocycles. The number of fused-ring (bicyclic) bond motifs is 1. The molecule has 0 radical (unpaired) electrons. The van der Waals surface area contributed by atoms with E-state index in [9.17, 15) is 0 Å². The van der Waals surface area contributed by atoms with E-state index in [2.05, 4.69) is 34.7 Å². The number of hydrogen-bond acceptors (Lipinski definition) is 3.